The van der Waals surface area contributed by atoms with Crippen molar-refractivity contribution in [3.05, 3.63) is 35.4 Å². The summed E-state index contributed by atoms with van der Waals surface area (Å²) in [5.74, 6) is -0.0486. The number of ketones is 1. The summed E-state index contributed by atoms with van der Waals surface area (Å²) in [4.78, 5) is 25.3. The van der Waals surface area contributed by atoms with E-state index < -0.39 is 17.7 Å². The van der Waals surface area contributed by atoms with Crippen molar-refractivity contribution in [1.29, 1.82) is 0 Å². The Hall–Kier alpha value is -3.04. The van der Waals surface area contributed by atoms with Crippen LogP contribution in [0.3, 0.4) is 0 Å². The minimum Gasteiger partial charge on any atom is -0.494 e. The van der Waals surface area contributed by atoms with Gasteiger partial charge in [0.1, 0.15) is 22.9 Å². The van der Waals surface area contributed by atoms with E-state index >= 15 is 0 Å². The zero-order chi connectivity index (χ0) is 24.5. The number of Topliss-reactive ketones (excluding diaryl/α,β-unsaturated/α-hetero) is 1. The maximum atomic E-state index is 13.1. The maximum absolute atomic E-state index is 13.1. The standard InChI is InChI=1S/C22H25Cl2N3O6/c1-6-32-14-8-11-17(18(12-14)33-7-2)27(24)22(29)19(13(3)28)26-25-16-10-9-15(23)20(30-4)21(16)31-5/h8-12,19H,6-7H2,1-5H3. The van der Waals surface area contributed by atoms with Crippen molar-refractivity contribution >= 4 is 46.4 Å². The third kappa shape index (κ3) is 6.27. The molecule has 0 saturated heterocycles. The highest BCUT2D eigenvalue weighted by Gasteiger charge is 2.30. The van der Waals surface area contributed by atoms with Crippen LogP contribution in [0.4, 0.5) is 11.4 Å². The zero-order valence-electron chi connectivity index (χ0n) is 18.9. The molecular weight excluding hydrogens is 473 g/mol. The molecule has 1 unspecified atom stereocenters. The van der Waals surface area contributed by atoms with Crippen LogP contribution in [0.15, 0.2) is 40.6 Å². The number of hydrogen-bond acceptors (Lipinski definition) is 8. The molecule has 0 saturated carbocycles. The average molecular weight is 498 g/mol. The number of methoxy groups -OCH3 is 2. The van der Waals surface area contributed by atoms with E-state index in [0.717, 1.165) is 4.42 Å². The second-order valence-electron chi connectivity index (χ2n) is 6.48. The van der Waals surface area contributed by atoms with Gasteiger partial charge >= 0.3 is 0 Å². The zero-order valence-corrected chi connectivity index (χ0v) is 20.4. The van der Waals surface area contributed by atoms with Crippen LogP contribution in [0.1, 0.15) is 20.8 Å². The van der Waals surface area contributed by atoms with Crippen LogP contribution in [0.25, 0.3) is 0 Å². The number of halogens is 2. The Bertz CT molecular complexity index is 1030. The van der Waals surface area contributed by atoms with Crippen LogP contribution in [0, 0.1) is 0 Å². The van der Waals surface area contributed by atoms with Crippen LogP contribution in [0.5, 0.6) is 23.0 Å². The van der Waals surface area contributed by atoms with Gasteiger partial charge in [-0.3, -0.25) is 9.59 Å². The van der Waals surface area contributed by atoms with Crippen LogP contribution >= 0.6 is 23.4 Å². The quantitative estimate of drug-likeness (QED) is 0.234. The van der Waals surface area contributed by atoms with Gasteiger partial charge in [0.15, 0.2) is 17.3 Å². The number of benzene rings is 2. The molecule has 2 rings (SSSR count). The number of hydrogen-bond donors (Lipinski definition) is 0. The van der Waals surface area contributed by atoms with Crippen molar-refractivity contribution in [1.82, 2.24) is 0 Å². The molecule has 0 aromatic heterocycles. The second-order valence-corrected chi connectivity index (χ2v) is 7.22. The largest absolute Gasteiger partial charge is 0.494 e. The molecule has 0 aliphatic carbocycles. The molecule has 0 spiro atoms. The lowest BCUT2D eigenvalue weighted by Crippen LogP contribution is -2.36. The van der Waals surface area contributed by atoms with Crippen molar-refractivity contribution < 1.29 is 28.5 Å². The van der Waals surface area contributed by atoms with Crippen LogP contribution in [-0.4, -0.2) is 45.2 Å². The molecule has 0 fully saturated rings. The van der Waals surface area contributed by atoms with E-state index in [1.807, 2.05) is 6.92 Å². The topological polar surface area (TPSA) is 99.0 Å². The summed E-state index contributed by atoms with van der Waals surface area (Å²) in [5.41, 5.74) is 0.453. The van der Waals surface area contributed by atoms with Gasteiger partial charge in [-0.15, -0.1) is 0 Å². The Balaban J connectivity index is 2.39. The summed E-state index contributed by atoms with van der Waals surface area (Å²) < 4.78 is 22.4. The maximum Gasteiger partial charge on any atom is 0.276 e. The molecule has 0 N–H and O–H groups in total. The normalized spacial score (nSPS) is 11.7. The first-order valence-corrected chi connectivity index (χ1v) is 10.7. The number of nitrogens with zero attached hydrogens (tertiary/aromatic N) is 3. The van der Waals surface area contributed by atoms with Crippen LogP contribution in [-0.2, 0) is 9.59 Å². The molecule has 0 aliphatic heterocycles. The van der Waals surface area contributed by atoms with Gasteiger partial charge in [0.05, 0.1) is 32.5 Å². The Morgan fingerprint density at radius 1 is 1.03 bits per heavy atom. The van der Waals surface area contributed by atoms with Gasteiger partial charge < -0.3 is 18.9 Å². The van der Waals surface area contributed by atoms with Crippen molar-refractivity contribution in [2.24, 2.45) is 10.2 Å². The first kappa shape index (κ1) is 26.2. The Morgan fingerprint density at radius 3 is 2.27 bits per heavy atom. The van der Waals surface area contributed by atoms with Crippen molar-refractivity contribution in [2.45, 2.75) is 26.8 Å². The number of azo groups is 1. The molecule has 1 amide bonds. The molecule has 0 radical (unpaired) electrons. The highest BCUT2D eigenvalue weighted by Crippen LogP contribution is 2.42. The summed E-state index contributed by atoms with van der Waals surface area (Å²) in [7, 11) is 2.83. The van der Waals surface area contributed by atoms with Gasteiger partial charge in [0.25, 0.3) is 5.91 Å². The number of carbonyl (C=O) groups is 2. The fourth-order valence-corrected chi connectivity index (χ4v) is 3.29. The van der Waals surface area contributed by atoms with Crippen molar-refractivity contribution in [3.8, 4) is 23.0 Å². The monoisotopic (exact) mass is 497 g/mol. The predicted molar refractivity (Wildman–Crippen MR) is 126 cm³/mol. The van der Waals surface area contributed by atoms with E-state index in [1.54, 1.807) is 25.1 Å². The average Bonchev–Trinajstić information content (AvgIpc) is 2.79. The van der Waals surface area contributed by atoms with E-state index in [4.69, 9.17) is 42.3 Å². The first-order valence-electron chi connectivity index (χ1n) is 10.00. The lowest BCUT2D eigenvalue weighted by atomic mass is 10.2. The molecule has 9 nitrogen and oxygen atoms in total. The van der Waals surface area contributed by atoms with E-state index in [2.05, 4.69) is 10.2 Å². The lowest BCUT2D eigenvalue weighted by molar-refractivity contribution is -0.126. The van der Waals surface area contributed by atoms with Gasteiger partial charge in [-0.1, -0.05) is 11.6 Å². The third-order valence-corrected chi connectivity index (χ3v) is 4.94. The molecule has 11 heteroatoms. The summed E-state index contributed by atoms with van der Waals surface area (Å²) in [5, 5.41) is 8.26. The SMILES string of the molecule is CCOc1ccc(N(Cl)C(=O)C(N=Nc2ccc(Cl)c(OC)c2OC)C(C)=O)c(OCC)c1. The summed E-state index contributed by atoms with van der Waals surface area (Å²) in [6, 6.07) is 6.36. The van der Waals surface area contributed by atoms with E-state index in [9.17, 15) is 9.59 Å². The number of rotatable bonds is 11. The summed E-state index contributed by atoms with van der Waals surface area (Å²) in [6.07, 6.45) is 0. The Labute approximate surface area is 202 Å². The lowest BCUT2D eigenvalue weighted by Gasteiger charge is -2.20. The van der Waals surface area contributed by atoms with Gasteiger partial charge in [-0.05, 0) is 45.0 Å². The minimum absolute atomic E-state index is 0.205. The number of ether oxygens (including phenoxy) is 4. The molecule has 0 bridgehead atoms. The van der Waals surface area contributed by atoms with E-state index in [-0.39, 0.29) is 22.9 Å². The second kappa shape index (κ2) is 12.3. The fourth-order valence-electron chi connectivity index (χ4n) is 2.83. The smallest absolute Gasteiger partial charge is 0.276 e. The molecular formula is C22H25Cl2N3O6. The van der Waals surface area contributed by atoms with Crippen LogP contribution in [0.2, 0.25) is 5.02 Å². The first-order chi connectivity index (χ1) is 15.8. The minimum atomic E-state index is -1.50. The fraction of sp³-hybridized carbons (Fsp3) is 0.364. The van der Waals surface area contributed by atoms with Crippen molar-refractivity contribution in [3.63, 3.8) is 0 Å². The summed E-state index contributed by atoms with van der Waals surface area (Å²) >= 11 is 12.4. The van der Waals surface area contributed by atoms with Crippen LogP contribution < -0.4 is 23.4 Å². The van der Waals surface area contributed by atoms with Crippen molar-refractivity contribution in [2.75, 3.05) is 31.9 Å². The van der Waals surface area contributed by atoms with Gasteiger partial charge in [-0.25, -0.2) is 4.42 Å². The molecule has 2 aromatic carbocycles. The Kier molecular flexibility index (Phi) is 9.74. The molecule has 0 heterocycles. The highest BCUT2D eigenvalue weighted by molar-refractivity contribution is 6.39. The van der Waals surface area contributed by atoms with E-state index in [1.165, 1.54) is 33.3 Å². The third-order valence-electron chi connectivity index (χ3n) is 4.30. The Morgan fingerprint density at radius 2 is 1.70 bits per heavy atom. The number of amides is 1. The number of anilines is 1. The summed E-state index contributed by atoms with van der Waals surface area (Å²) in [6.45, 7) is 5.64. The predicted octanol–water partition coefficient (Wildman–Crippen LogP) is 5.38. The van der Waals surface area contributed by atoms with Gasteiger partial charge in [0.2, 0.25) is 6.04 Å². The molecule has 178 valence electrons. The molecule has 2 aromatic rings. The number of carbonyl (C=O) groups excluding carboxylic acids is 2. The van der Waals surface area contributed by atoms with E-state index in [0.29, 0.717) is 29.7 Å². The van der Waals surface area contributed by atoms with Gasteiger partial charge in [-0.2, -0.15) is 10.2 Å². The molecule has 33 heavy (non-hydrogen) atoms. The van der Waals surface area contributed by atoms with Gasteiger partial charge in [0, 0.05) is 17.8 Å². The molecule has 0 aliphatic rings. The molecule has 1 atom stereocenters. The highest BCUT2D eigenvalue weighted by atomic mass is 35.5.